The third-order valence-corrected chi connectivity index (χ3v) is 3.73. The Balaban J connectivity index is 2.07. The second-order valence-corrected chi connectivity index (χ2v) is 5.57. The highest BCUT2D eigenvalue weighted by Gasteiger charge is 2.19. The van der Waals surface area contributed by atoms with Crippen LogP contribution >= 0.6 is 11.6 Å². The van der Waals surface area contributed by atoms with Gasteiger partial charge in [-0.25, -0.2) is 4.79 Å². The van der Waals surface area contributed by atoms with Crippen molar-refractivity contribution < 1.29 is 37.5 Å². The Morgan fingerprint density at radius 2 is 1.89 bits per heavy atom. The lowest BCUT2D eigenvalue weighted by Gasteiger charge is -2.11. The van der Waals surface area contributed by atoms with Crippen LogP contribution in [0.4, 0.5) is 14.5 Å². The van der Waals surface area contributed by atoms with Crippen LogP contribution in [0.1, 0.15) is 20.7 Å². The molecule has 0 aliphatic heterocycles. The SMILES string of the molecule is COc1cc(C(=O)COC(=O)c2ccc([N+](=O)[O-])cc2Cl)ccc1OC(F)F. The molecule has 8 nitrogen and oxygen atoms in total. The summed E-state index contributed by atoms with van der Waals surface area (Å²) in [4.78, 5) is 34.2. The minimum atomic E-state index is -3.07. The van der Waals surface area contributed by atoms with E-state index in [0.717, 1.165) is 30.3 Å². The molecule has 0 N–H and O–H groups in total. The van der Waals surface area contributed by atoms with E-state index < -0.39 is 29.9 Å². The predicted octanol–water partition coefficient (Wildman–Crippen LogP) is 3.90. The highest BCUT2D eigenvalue weighted by Crippen LogP contribution is 2.29. The Labute approximate surface area is 161 Å². The standard InChI is InChI=1S/C17H12ClF2NO7/c1-26-15-6-9(2-5-14(15)28-17(19)20)13(22)8-27-16(23)11-4-3-10(21(24)25)7-12(11)18/h2-7,17H,8H2,1H3. The minimum Gasteiger partial charge on any atom is -0.493 e. The van der Waals surface area contributed by atoms with Gasteiger partial charge in [0.1, 0.15) is 0 Å². The first-order chi connectivity index (χ1) is 13.2. The van der Waals surface area contributed by atoms with Crippen LogP contribution < -0.4 is 9.47 Å². The second-order valence-electron chi connectivity index (χ2n) is 5.16. The van der Waals surface area contributed by atoms with Crippen molar-refractivity contribution in [3.63, 3.8) is 0 Å². The molecule has 0 aromatic heterocycles. The number of ether oxygens (including phenoxy) is 3. The molecular weight excluding hydrogens is 404 g/mol. The van der Waals surface area contributed by atoms with Gasteiger partial charge >= 0.3 is 12.6 Å². The smallest absolute Gasteiger partial charge is 0.387 e. The summed E-state index contributed by atoms with van der Waals surface area (Å²) in [6.45, 7) is -3.74. The van der Waals surface area contributed by atoms with E-state index in [1.165, 1.54) is 13.2 Å². The summed E-state index contributed by atoms with van der Waals surface area (Å²) in [5.74, 6) is -1.97. The fourth-order valence-corrected chi connectivity index (χ4v) is 2.36. The van der Waals surface area contributed by atoms with Gasteiger partial charge in [-0.15, -0.1) is 0 Å². The zero-order chi connectivity index (χ0) is 20.8. The molecule has 0 saturated heterocycles. The number of hydrogen-bond donors (Lipinski definition) is 0. The maximum atomic E-state index is 12.3. The van der Waals surface area contributed by atoms with Crippen molar-refractivity contribution in [3.05, 3.63) is 62.7 Å². The number of methoxy groups -OCH3 is 1. The molecule has 11 heteroatoms. The molecule has 0 aliphatic rings. The Morgan fingerprint density at radius 3 is 2.46 bits per heavy atom. The lowest BCUT2D eigenvalue weighted by atomic mass is 10.1. The van der Waals surface area contributed by atoms with Crippen LogP contribution in [0.3, 0.4) is 0 Å². The van der Waals surface area contributed by atoms with E-state index in [1.807, 2.05) is 0 Å². The van der Waals surface area contributed by atoms with E-state index >= 15 is 0 Å². The number of rotatable bonds is 8. The van der Waals surface area contributed by atoms with Gasteiger partial charge < -0.3 is 14.2 Å². The van der Waals surface area contributed by atoms with Gasteiger partial charge in [0.2, 0.25) is 0 Å². The molecule has 0 saturated carbocycles. The Hall–Kier alpha value is -3.27. The topological polar surface area (TPSA) is 105 Å². The van der Waals surface area contributed by atoms with Gasteiger partial charge in [-0.2, -0.15) is 8.78 Å². The highest BCUT2D eigenvalue weighted by molar-refractivity contribution is 6.33. The zero-order valence-corrected chi connectivity index (χ0v) is 14.9. The van der Waals surface area contributed by atoms with Crippen LogP contribution in [0, 0.1) is 10.1 Å². The third kappa shape index (κ3) is 5.13. The summed E-state index contributed by atoms with van der Waals surface area (Å²) in [5, 5.41) is 10.5. The number of ketones is 1. The Bertz CT molecular complexity index is 920. The molecule has 0 bridgehead atoms. The average molecular weight is 416 g/mol. The van der Waals surface area contributed by atoms with Crippen LogP contribution in [0.15, 0.2) is 36.4 Å². The van der Waals surface area contributed by atoms with Crippen molar-refractivity contribution >= 4 is 29.0 Å². The number of carbonyl (C=O) groups excluding carboxylic acids is 2. The summed E-state index contributed by atoms with van der Waals surface area (Å²) < 4.78 is 38.6. The van der Waals surface area contributed by atoms with Gasteiger partial charge in [0.15, 0.2) is 23.9 Å². The number of nitro benzene ring substituents is 1. The molecule has 0 fully saturated rings. The number of halogens is 3. The molecule has 0 radical (unpaired) electrons. The number of hydrogen-bond acceptors (Lipinski definition) is 7. The summed E-state index contributed by atoms with van der Waals surface area (Å²) in [5.41, 5.74) is -0.435. The van der Waals surface area contributed by atoms with Crippen molar-refractivity contribution in [3.8, 4) is 11.5 Å². The fraction of sp³-hybridized carbons (Fsp3) is 0.176. The lowest BCUT2D eigenvalue weighted by Crippen LogP contribution is -2.15. The number of alkyl halides is 2. The van der Waals surface area contributed by atoms with Gasteiger partial charge in [-0.05, 0) is 24.3 Å². The molecule has 0 aliphatic carbocycles. The molecular formula is C17H12ClF2NO7. The molecule has 2 aromatic rings. The molecule has 0 amide bonds. The number of benzene rings is 2. The molecule has 2 aromatic carbocycles. The first-order valence-electron chi connectivity index (χ1n) is 7.50. The molecule has 0 heterocycles. The van der Waals surface area contributed by atoms with Gasteiger partial charge in [0.25, 0.3) is 5.69 Å². The van der Waals surface area contributed by atoms with Crippen molar-refractivity contribution in [1.82, 2.24) is 0 Å². The summed E-state index contributed by atoms with van der Waals surface area (Å²) >= 11 is 5.82. The first kappa shape index (κ1) is 21.0. The monoisotopic (exact) mass is 415 g/mol. The van der Waals surface area contributed by atoms with Gasteiger partial charge in [-0.3, -0.25) is 14.9 Å². The third-order valence-electron chi connectivity index (χ3n) is 3.42. The van der Waals surface area contributed by atoms with Gasteiger partial charge in [-0.1, -0.05) is 11.6 Å². The highest BCUT2D eigenvalue weighted by atomic mass is 35.5. The minimum absolute atomic E-state index is 0.0288. The number of nitro groups is 1. The second kappa shape index (κ2) is 9.09. The van der Waals surface area contributed by atoms with E-state index in [9.17, 15) is 28.5 Å². The fourth-order valence-electron chi connectivity index (χ4n) is 2.11. The maximum absolute atomic E-state index is 12.3. The number of carbonyl (C=O) groups is 2. The average Bonchev–Trinajstić information content (AvgIpc) is 2.65. The summed E-state index contributed by atoms with van der Waals surface area (Å²) in [6, 6.07) is 6.63. The Morgan fingerprint density at radius 1 is 1.18 bits per heavy atom. The van der Waals surface area contributed by atoms with Crippen molar-refractivity contribution in [2.45, 2.75) is 6.61 Å². The van der Waals surface area contributed by atoms with Gasteiger partial charge in [0, 0.05) is 17.7 Å². The molecule has 28 heavy (non-hydrogen) atoms. The predicted molar refractivity (Wildman–Crippen MR) is 92.3 cm³/mol. The largest absolute Gasteiger partial charge is 0.493 e. The zero-order valence-electron chi connectivity index (χ0n) is 14.2. The van der Waals surface area contributed by atoms with Crippen LogP contribution in [-0.2, 0) is 4.74 Å². The van der Waals surface area contributed by atoms with Crippen LogP contribution in [0.2, 0.25) is 5.02 Å². The number of esters is 1. The van der Waals surface area contributed by atoms with E-state index in [2.05, 4.69) is 4.74 Å². The number of Topliss-reactive ketones (excluding diaryl/α,β-unsaturated/α-hetero) is 1. The van der Waals surface area contributed by atoms with E-state index in [1.54, 1.807) is 0 Å². The Kier molecular flexibility index (Phi) is 6.83. The summed E-state index contributed by atoms with van der Waals surface area (Å²) in [6.07, 6.45) is 0. The van der Waals surface area contributed by atoms with Crippen molar-refractivity contribution in [1.29, 1.82) is 0 Å². The number of nitrogens with zero attached hydrogens (tertiary/aromatic N) is 1. The van der Waals surface area contributed by atoms with Gasteiger partial charge in [0.05, 0.1) is 22.6 Å². The molecule has 0 atom stereocenters. The molecule has 148 valence electrons. The molecule has 2 rings (SSSR count). The van der Waals surface area contributed by atoms with Crippen molar-refractivity contribution in [2.75, 3.05) is 13.7 Å². The number of non-ortho nitro benzene ring substituents is 1. The van der Waals surface area contributed by atoms with E-state index in [-0.39, 0.29) is 33.3 Å². The first-order valence-corrected chi connectivity index (χ1v) is 7.88. The van der Waals surface area contributed by atoms with Crippen LogP contribution in [0.5, 0.6) is 11.5 Å². The van der Waals surface area contributed by atoms with Crippen LogP contribution in [0.25, 0.3) is 0 Å². The maximum Gasteiger partial charge on any atom is 0.387 e. The molecule has 0 spiro atoms. The van der Waals surface area contributed by atoms with E-state index in [0.29, 0.717) is 0 Å². The summed E-state index contributed by atoms with van der Waals surface area (Å²) in [7, 11) is 1.21. The quantitative estimate of drug-likeness (QED) is 0.278. The van der Waals surface area contributed by atoms with Crippen molar-refractivity contribution in [2.24, 2.45) is 0 Å². The van der Waals surface area contributed by atoms with E-state index in [4.69, 9.17) is 21.1 Å². The van der Waals surface area contributed by atoms with Crippen LogP contribution in [-0.4, -0.2) is 37.0 Å². The normalized spacial score (nSPS) is 10.5. The lowest BCUT2D eigenvalue weighted by molar-refractivity contribution is -0.384. The molecule has 0 unspecified atom stereocenters.